The average molecular weight is 274 g/mol. The molecule has 1 unspecified atom stereocenters. The minimum atomic E-state index is -1.01. The Labute approximate surface area is 120 Å². The van der Waals surface area contributed by atoms with Gasteiger partial charge in [0.2, 0.25) is 0 Å². The molecule has 0 amide bonds. The van der Waals surface area contributed by atoms with Gasteiger partial charge in [-0.25, -0.2) is 0 Å². The summed E-state index contributed by atoms with van der Waals surface area (Å²) in [6.07, 6.45) is 1.75. The van der Waals surface area contributed by atoms with Gasteiger partial charge in [-0.15, -0.1) is 0 Å². The van der Waals surface area contributed by atoms with E-state index in [0.29, 0.717) is 0 Å². The first-order valence-electron chi connectivity index (χ1n) is 7.21. The Kier molecular flexibility index (Phi) is 3.72. The van der Waals surface area contributed by atoms with Crippen LogP contribution >= 0.6 is 0 Å². The number of Topliss-reactive ketones (excluding diaryl/α,β-unsaturated/α-hetero) is 1. The van der Waals surface area contributed by atoms with Gasteiger partial charge in [-0.2, -0.15) is 0 Å². The number of ketones is 1. The number of hydrogen-bond acceptors (Lipinski definition) is 3. The summed E-state index contributed by atoms with van der Waals surface area (Å²) >= 11 is 0. The van der Waals surface area contributed by atoms with Crippen LogP contribution in [0.3, 0.4) is 0 Å². The van der Waals surface area contributed by atoms with Crippen LogP contribution in [0, 0.1) is 6.92 Å². The van der Waals surface area contributed by atoms with E-state index in [0.717, 1.165) is 29.5 Å². The first-order chi connectivity index (χ1) is 9.31. The third-order valence-corrected chi connectivity index (χ3v) is 4.06. The summed E-state index contributed by atoms with van der Waals surface area (Å²) < 4.78 is 5.25. The van der Waals surface area contributed by atoms with Gasteiger partial charge in [-0.1, -0.05) is 26.0 Å². The molecule has 1 saturated heterocycles. The Morgan fingerprint density at radius 2 is 1.80 bits per heavy atom. The summed E-state index contributed by atoms with van der Waals surface area (Å²) in [6, 6.07) is 4.18. The van der Waals surface area contributed by atoms with Gasteiger partial charge < -0.3 is 4.74 Å². The lowest BCUT2D eigenvalue weighted by molar-refractivity contribution is -0.148. The van der Waals surface area contributed by atoms with Crippen molar-refractivity contribution in [1.82, 2.24) is 0 Å². The average Bonchev–Trinajstić information content (AvgIpc) is 2.58. The van der Waals surface area contributed by atoms with E-state index in [2.05, 4.69) is 19.1 Å². The summed E-state index contributed by atoms with van der Waals surface area (Å²) in [6.45, 7) is 9.45. The molecule has 1 aliphatic rings. The lowest BCUT2D eigenvalue weighted by atomic mass is 9.83. The van der Waals surface area contributed by atoms with Crippen LogP contribution in [0.4, 0.5) is 0 Å². The summed E-state index contributed by atoms with van der Waals surface area (Å²) in [5.74, 6) is -1.31. The molecule has 3 heteroatoms. The molecular weight excluding hydrogens is 252 g/mol. The molecule has 0 spiro atoms. The zero-order chi connectivity index (χ0) is 15.1. The molecular formula is C17H22O3. The first-order valence-corrected chi connectivity index (χ1v) is 7.21. The quantitative estimate of drug-likeness (QED) is 0.628. The predicted octanol–water partition coefficient (Wildman–Crippen LogP) is 3.11. The molecule has 0 aliphatic carbocycles. The fraction of sp³-hybridized carbons (Fsp3) is 0.529. The van der Waals surface area contributed by atoms with E-state index < -0.39 is 17.5 Å². The molecule has 20 heavy (non-hydrogen) atoms. The van der Waals surface area contributed by atoms with Crippen molar-refractivity contribution in [2.45, 2.75) is 59.0 Å². The normalized spacial score (nSPS) is 21.1. The monoisotopic (exact) mass is 274 g/mol. The van der Waals surface area contributed by atoms with Crippen molar-refractivity contribution in [1.29, 1.82) is 0 Å². The summed E-state index contributed by atoms with van der Waals surface area (Å²) in [7, 11) is 0. The molecule has 2 rings (SSSR count). The van der Waals surface area contributed by atoms with Crippen LogP contribution in [0.5, 0.6) is 0 Å². The van der Waals surface area contributed by atoms with Crippen LogP contribution in [-0.4, -0.2) is 17.4 Å². The number of rotatable bonds is 3. The van der Waals surface area contributed by atoms with Gasteiger partial charge >= 0.3 is 5.97 Å². The van der Waals surface area contributed by atoms with E-state index in [-0.39, 0.29) is 5.78 Å². The van der Waals surface area contributed by atoms with Gasteiger partial charge in [0.1, 0.15) is 5.92 Å². The molecule has 1 fully saturated rings. The van der Waals surface area contributed by atoms with Crippen LogP contribution in [0.1, 0.15) is 55.9 Å². The second kappa shape index (κ2) is 5.04. The highest BCUT2D eigenvalue weighted by Gasteiger charge is 2.50. The molecule has 1 aliphatic heterocycles. The first kappa shape index (κ1) is 14.8. The van der Waals surface area contributed by atoms with Crippen molar-refractivity contribution >= 4 is 11.8 Å². The second-order valence-corrected chi connectivity index (χ2v) is 5.92. The Bertz CT molecular complexity index is 570. The zero-order valence-corrected chi connectivity index (χ0v) is 12.9. The number of cyclic esters (lactones) is 1. The van der Waals surface area contributed by atoms with Crippen molar-refractivity contribution in [3.8, 4) is 0 Å². The Morgan fingerprint density at radius 3 is 2.25 bits per heavy atom. The number of hydrogen-bond donors (Lipinski definition) is 0. The standard InChI is InChI=1S/C17H22O3/c1-6-11-8-10(3)13(12(7-2)9-11)14-15(18)17(4,5)20-16(14)19/h8-9,14H,6-7H2,1-5H3. The number of benzene rings is 1. The topological polar surface area (TPSA) is 43.4 Å². The Morgan fingerprint density at radius 1 is 1.15 bits per heavy atom. The molecule has 1 aromatic rings. The van der Waals surface area contributed by atoms with Crippen LogP contribution in [0.15, 0.2) is 12.1 Å². The van der Waals surface area contributed by atoms with E-state index in [9.17, 15) is 9.59 Å². The molecule has 0 bridgehead atoms. The molecule has 3 nitrogen and oxygen atoms in total. The maximum Gasteiger partial charge on any atom is 0.322 e. The fourth-order valence-corrected chi connectivity index (χ4v) is 2.93. The molecule has 108 valence electrons. The molecule has 0 saturated carbocycles. The Balaban J connectivity index is 2.58. The van der Waals surface area contributed by atoms with Crippen LogP contribution in [0.25, 0.3) is 0 Å². The highest BCUT2D eigenvalue weighted by molar-refractivity contribution is 6.13. The van der Waals surface area contributed by atoms with Gasteiger partial charge in [0, 0.05) is 0 Å². The van der Waals surface area contributed by atoms with Gasteiger partial charge in [-0.05, 0) is 55.9 Å². The molecule has 0 N–H and O–H groups in total. The van der Waals surface area contributed by atoms with Gasteiger partial charge in [0.15, 0.2) is 11.4 Å². The van der Waals surface area contributed by atoms with E-state index in [1.165, 1.54) is 5.56 Å². The predicted molar refractivity (Wildman–Crippen MR) is 77.9 cm³/mol. The fourth-order valence-electron chi connectivity index (χ4n) is 2.93. The minimum Gasteiger partial charge on any atom is -0.451 e. The SMILES string of the molecule is CCc1cc(C)c(C2C(=O)OC(C)(C)C2=O)c(CC)c1. The smallest absolute Gasteiger partial charge is 0.322 e. The molecule has 0 aromatic heterocycles. The van der Waals surface area contributed by atoms with Crippen molar-refractivity contribution in [3.63, 3.8) is 0 Å². The van der Waals surface area contributed by atoms with Crippen LogP contribution in [0.2, 0.25) is 0 Å². The summed E-state index contributed by atoms with van der Waals surface area (Å²) in [5, 5.41) is 0. The van der Waals surface area contributed by atoms with Crippen molar-refractivity contribution in [2.24, 2.45) is 0 Å². The third-order valence-electron chi connectivity index (χ3n) is 4.06. The number of aryl methyl sites for hydroxylation is 3. The van der Waals surface area contributed by atoms with Crippen LogP contribution < -0.4 is 0 Å². The lowest BCUT2D eigenvalue weighted by Crippen LogP contribution is -2.29. The zero-order valence-electron chi connectivity index (χ0n) is 12.9. The number of carbonyl (C=O) groups is 2. The molecule has 1 atom stereocenters. The van der Waals surface area contributed by atoms with Gasteiger partial charge in [0.25, 0.3) is 0 Å². The number of ether oxygens (including phenoxy) is 1. The van der Waals surface area contributed by atoms with Gasteiger partial charge in [0.05, 0.1) is 0 Å². The van der Waals surface area contributed by atoms with E-state index >= 15 is 0 Å². The van der Waals surface area contributed by atoms with Crippen molar-refractivity contribution in [3.05, 3.63) is 34.4 Å². The lowest BCUT2D eigenvalue weighted by Gasteiger charge is -2.17. The van der Waals surface area contributed by atoms with Gasteiger partial charge in [-0.3, -0.25) is 9.59 Å². The van der Waals surface area contributed by atoms with Crippen LogP contribution in [-0.2, 0) is 27.2 Å². The van der Waals surface area contributed by atoms with E-state index in [1.54, 1.807) is 13.8 Å². The molecule has 1 aromatic carbocycles. The van der Waals surface area contributed by atoms with E-state index in [1.807, 2.05) is 13.8 Å². The minimum absolute atomic E-state index is 0.135. The number of esters is 1. The van der Waals surface area contributed by atoms with Crippen molar-refractivity contribution in [2.75, 3.05) is 0 Å². The second-order valence-electron chi connectivity index (χ2n) is 5.92. The highest BCUT2D eigenvalue weighted by atomic mass is 16.6. The van der Waals surface area contributed by atoms with Crippen molar-refractivity contribution < 1.29 is 14.3 Å². The Hall–Kier alpha value is -1.64. The summed E-state index contributed by atoms with van der Waals surface area (Å²) in [4.78, 5) is 24.6. The maximum absolute atomic E-state index is 12.5. The number of carbonyl (C=O) groups excluding carboxylic acids is 2. The molecule has 1 heterocycles. The third kappa shape index (κ3) is 2.26. The molecule has 0 radical (unpaired) electrons. The summed E-state index contributed by atoms with van der Waals surface area (Å²) in [5.41, 5.74) is 3.17. The maximum atomic E-state index is 12.5. The largest absolute Gasteiger partial charge is 0.451 e. The van der Waals surface area contributed by atoms with E-state index in [4.69, 9.17) is 4.74 Å². The highest BCUT2D eigenvalue weighted by Crippen LogP contribution is 2.37.